The number of rotatable bonds is 5. The van der Waals surface area contributed by atoms with Crippen molar-refractivity contribution in [1.82, 2.24) is 0 Å². The van der Waals surface area contributed by atoms with Gasteiger partial charge in [-0.3, -0.25) is 4.79 Å². The van der Waals surface area contributed by atoms with Gasteiger partial charge < -0.3 is 4.90 Å². The van der Waals surface area contributed by atoms with Crippen molar-refractivity contribution in [2.24, 2.45) is 5.92 Å². The zero-order valence-corrected chi connectivity index (χ0v) is 14.0. The molecular formula is C20H25NO. The summed E-state index contributed by atoms with van der Waals surface area (Å²) in [5, 5.41) is 0. The molecule has 2 rings (SSSR count). The van der Waals surface area contributed by atoms with E-state index >= 15 is 0 Å². The summed E-state index contributed by atoms with van der Waals surface area (Å²) < 4.78 is 0. The van der Waals surface area contributed by atoms with Gasteiger partial charge >= 0.3 is 0 Å². The predicted octanol–water partition coefficient (Wildman–Crippen LogP) is 4.88. The topological polar surface area (TPSA) is 20.3 Å². The predicted molar refractivity (Wildman–Crippen MR) is 93.0 cm³/mol. The van der Waals surface area contributed by atoms with Crippen LogP contribution < -0.4 is 4.90 Å². The van der Waals surface area contributed by atoms with E-state index < -0.39 is 0 Å². The molecule has 0 aliphatic heterocycles. The third kappa shape index (κ3) is 3.97. The van der Waals surface area contributed by atoms with Crippen molar-refractivity contribution in [2.75, 3.05) is 4.90 Å². The minimum absolute atomic E-state index is 0.188. The molecule has 22 heavy (non-hydrogen) atoms. The smallest absolute Gasteiger partial charge is 0.227 e. The Hall–Kier alpha value is -2.09. The van der Waals surface area contributed by atoms with Crippen molar-refractivity contribution in [2.45, 2.75) is 40.7 Å². The molecule has 2 heteroatoms. The van der Waals surface area contributed by atoms with Crippen molar-refractivity contribution in [3.8, 4) is 0 Å². The normalized spacial score (nSPS) is 10.8. The first-order valence-electron chi connectivity index (χ1n) is 7.89. The maximum Gasteiger partial charge on any atom is 0.227 e. The van der Waals surface area contributed by atoms with Gasteiger partial charge in [0.15, 0.2) is 0 Å². The van der Waals surface area contributed by atoms with Crippen LogP contribution in [0.2, 0.25) is 0 Å². The average Bonchev–Trinajstić information content (AvgIpc) is 2.46. The van der Waals surface area contributed by atoms with Gasteiger partial charge in [-0.2, -0.15) is 0 Å². The lowest BCUT2D eigenvalue weighted by molar-refractivity contribution is -0.119. The van der Waals surface area contributed by atoms with Crippen molar-refractivity contribution in [3.63, 3.8) is 0 Å². The first-order chi connectivity index (χ1) is 10.5. The van der Waals surface area contributed by atoms with Crippen molar-refractivity contribution < 1.29 is 4.79 Å². The number of amides is 1. The summed E-state index contributed by atoms with van der Waals surface area (Å²) in [4.78, 5) is 14.7. The number of anilines is 1. The molecule has 0 saturated carbocycles. The van der Waals surface area contributed by atoms with E-state index in [2.05, 4.69) is 45.9 Å². The van der Waals surface area contributed by atoms with Crippen molar-refractivity contribution in [3.05, 3.63) is 65.2 Å². The van der Waals surface area contributed by atoms with Crippen LogP contribution in [0.15, 0.2) is 48.5 Å². The molecule has 0 fully saturated rings. The summed E-state index contributed by atoms with van der Waals surface area (Å²) in [6.45, 7) is 8.95. The van der Waals surface area contributed by atoms with Gasteiger partial charge in [-0.15, -0.1) is 0 Å². The first-order valence-corrected chi connectivity index (χ1v) is 7.89. The molecule has 0 N–H and O–H groups in total. The van der Waals surface area contributed by atoms with Gasteiger partial charge in [-0.05, 0) is 42.5 Å². The summed E-state index contributed by atoms with van der Waals surface area (Å²) in [5.74, 6) is 0.545. The number of benzene rings is 2. The molecule has 1 amide bonds. The third-order valence-electron chi connectivity index (χ3n) is 3.88. The molecule has 0 aliphatic rings. The highest BCUT2D eigenvalue weighted by Gasteiger charge is 2.19. The second-order valence-corrected chi connectivity index (χ2v) is 6.29. The lowest BCUT2D eigenvalue weighted by Crippen LogP contribution is -2.32. The van der Waals surface area contributed by atoms with E-state index in [0.717, 1.165) is 11.3 Å². The highest BCUT2D eigenvalue weighted by Crippen LogP contribution is 2.24. The lowest BCUT2D eigenvalue weighted by Gasteiger charge is -2.26. The van der Waals surface area contributed by atoms with Gasteiger partial charge in [0.1, 0.15) is 0 Å². The van der Waals surface area contributed by atoms with Crippen LogP contribution >= 0.6 is 0 Å². The zero-order valence-electron chi connectivity index (χ0n) is 14.0. The molecule has 0 heterocycles. The summed E-state index contributed by atoms with van der Waals surface area (Å²) in [5.41, 5.74) is 4.56. The molecule has 0 aliphatic carbocycles. The summed E-state index contributed by atoms with van der Waals surface area (Å²) in [6.07, 6.45) is 0.570. The number of aryl methyl sites for hydroxylation is 2. The Labute approximate surface area is 133 Å². The van der Waals surface area contributed by atoms with Crippen LogP contribution in [0.25, 0.3) is 0 Å². The average molecular weight is 295 g/mol. The molecule has 0 unspecified atom stereocenters. The fourth-order valence-electron chi connectivity index (χ4n) is 2.59. The molecule has 116 valence electrons. The molecule has 2 nitrogen and oxygen atoms in total. The van der Waals surface area contributed by atoms with E-state index in [0.29, 0.717) is 18.9 Å². The minimum Gasteiger partial charge on any atom is -0.308 e. The van der Waals surface area contributed by atoms with Crippen LogP contribution in [-0.2, 0) is 11.3 Å². The van der Waals surface area contributed by atoms with Gasteiger partial charge in [0, 0.05) is 12.1 Å². The Kier molecular flexibility index (Phi) is 5.37. The highest BCUT2D eigenvalue weighted by molar-refractivity contribution is 5.94. The molecule has 0 saturated heterocycles. The number of carbonyl (C=O) groups excluding carboxylic acids is 1. The van der Waals surface area contributed by atoms with E-state index in [1.54, 1.807) is 0 Å². The van der Waals surface area contributed by atoms with Crippen LogP contribution in [0.5, 0.6) is 0 Å². The van der Waals surface area contributed by atoms with Crippen LogP contribution in [-0.4, -0.2) is 5.91 Å². The Morgan fingerprint density at radius 3 is 2.14 bits per heavy atom. The summed E-state index contributed by atoms with van der Waals surface area (Å²) in [6, 6.07) is 16.4. The van der Waals surface area contributed by atoms with Gasteiger partial charge in [-0.25, -0.2) is 0 Å². The van der Waals surface area contributed by atoms with Crippen LogP contribution in [0.1, 0.15) is 37.0 Å². The van der Waals surface area contributed by atoms with E-state index in [4.69, 9.17) is 0 Å². The zero-order chi connectivity index (χ0) is 16.1. The van der Waals surface area contributed by atoms with Crippen LogP contribution in [0.3, 0.4) is 0 Å². The number of hydrogen-bond acceptors (Lipinski definition) is 1. The molecule has 0 spiro atoms. The standard InChI is InChI=1S/C20H25NO/c1-15(2)13-20(22)21(19-12-8-6-10-17(19)4)14-18-11-7-5-9-16(18)3/h5-12,15H,13-14H2,1-4H3. The molecule has 0 atom stereocenters. The fraction of sp³-hybridized carbons (Fsp3) is 0.350. The summed E-state index contributed by atoms with van der Waals surface area (Å²) in [7, 11) is 0. The number of nitrogens with zero attached hydrogens (tertiary/aromatic N) is 1. The molecule has 2 aromatic rings. The Balaban J connectivity index is 2.36. The van der Waals surface area contributed by atoms with Gasteiger partial charge in [0.2, 0.25) is 5.91 Å². The molecule has 0 aromatic heterocycles. The SMILES string of the molecule is Cc1ccccc1CN(C(=O)CC(C)C)c1ccccc1C. The molecule has 0 radical (unpaired) electrons. The largest absolute Gasteiger partial charge is 0.308 e. The van der Waals surface area contributed by atoms with Crippen LogP contribution in [0, 0.1) is 19.8 Å². The summed E-state index contributed by atoms with van der Waals surface area (Å²) >= 11 is 0. The fourth-order valence-corrected chi connectivity index (χ4v) is 2.59. The number of para-hydroxylation sites is 1. The first kappa shape index (κ1) is 16.3. The Morgan fingerprint density at radius 1 is 0.955 bits per heavy atom. The quantitative estimate of drug-likeness (QED) is 0.769. The van der Waals surface area contributed by atoms with E-state index in [-0.39, 0.29) is 5.91 Å². The number of hydrogen-bond donors (Lipinski definition) is 0. The second-order valence-electron chi connectivity index (χ2n) is 6.29. The van der Waals surface area contributed by atoms with Crippen LogP contribution in [0.4, 0.5) is 5.69 Å². The minimum atomic E-state index is 0.188. The lowest BCUT2D eigenvalue weighted by atomic mass is 10.0. The molecule has 2 aromatic carbocycles. The monoisotopic (exact) mass is 295 g/mol. The van der Waals surface area contributed by atoms with E-state index in [9.17, 15) is 4.79 Å². The third-order valence-corrected chi connectivity index (χ3v) is 3.88. The van der Waals surface area contributed by atoms with Gasteiger partial charge in [0.05, 0.1) is 6.54 Å². The maximum absolute atomic E-state index is 12.7. The van der Waals surface area contributed by atoms with Gasteiger partial charge in [-0.1, -0.05) is 56.3 Å². The van der Waals surface area contributed by atoms with E-state index in [1.165, 1.54) is 11.1 Å². The second kappa shape index (κ2) is 7.26. The molecular weight excluding hydrogens is 270 g/mol. The van der Waals surface area contributed by atoms with E-state index in [1.807, 2.05) is 35.2 Å². The van der Waals surface area contributed by atoms with Gasteiger partial charge in [0.25, 0.3) is 0 Å². The Bertz CT molecular complexity index is 646. The number of carbonyl (C=O) groups is 1. The van der Waals surface area contributed by atoms with Crippen molar-refractivity contribution in [1.29, 1.82) is 0 Å². The van der Waals surface area contributed by atoms with Crippen molar-refractivity contribution >= 4 is 11.6 Å². The Morgan fingerprint density at radius 2 is 1.55 bits per heavy atom. The maximum atomic E-state index is 12.7. The molecule has 0 bridgehead atoms. The highest BCUT2D eigenvalue weighted by atomic mass is 16.2.